The van der Waals surface area contributed by atoms with Crippen LogP contribution in [0.3, 0.4) is 0 Å². The molecule has 1 heterocycles. The van der Waals surface area contributed by atoms with E-state index in [1.807, 2.05) is 24.3 Å². The number of hydrogen-bond acceptors (Lipinski definition) is 3. The Kier molecular flexibility index (Phi) is 4.60. The predicted octanol–water partition coefficient (Wildman–Crippen LogP) is 3.75. The van der Waals surface area contributed by atoms with Gasteiger partial charge in [0.1, 0.15) is 4.21 Å². The van der Waals surface area contributed by atoms with Gasteiger partial charge in [-0.3, -0.25) is 0 Å². The van der Waals surface area contributed by atoms with Crippen LogP contribution >= 0.6 is 43.2 Å². The molecule has 0 fully saturated rings. The van der Waals surface area contributed by atoms with Crippen LogP contribution in [0.15, 0.2) is 48.9 Å². The van der Waals surface area contributed by atoms with E-state index in [-0.39, 0.29) is 6.54 Å². The maximum atomic E-state index is 12.0. The zero-order chi connectivity index (χ0) is 13.2. The van der Waals surface area contributed by atoms with Crippen molar-refractivity contribution in [2.75, 3.05) is 0 Å². The minimum absolute atomic E-state index is 0.278. The van der Waals surface area contributed by atoms with Crippen LogP contribution in [0, 0.1) is 0 Å². The summed E-state index contributed by atoms with van der Waals surface area (Å²) in [5.74, 6) is 0. The Balaban J connectivity index is 2.11. The van der Waals surface area contributed by atoms with E-state index in [4.69, 9.17) is 0 Å². The summed E-state index contributed by atoms with van der Waals surface area (Å²) < 4.78 is 28.5. The molecule has 96 valence electrons. The Morgan fingerprint density at radius 2 is 1.78 bits per heavy atom. The van der Waals surface area contributed by atoms with Crippen LogP contribution in [-0.4, -0.2) is 8.42 Å². The molecular weight excluding hydrogens is 402 g/mol. The summed E-state index contributed by atoms with van der Waals surface area (Å²) in [7, 11) is -3.45. The van der Waals surface area contributed by atoms with Crippen molar-refractivity contribution in [2.24, 2.45) is 0 Å². The standard InChI is InChI=1S/C11H9Br2NO2S2/c12-9-3-1-8(2-4-9)7-14-18(15,16)11-10(13)5-6-17-11/h1-6,14H,7H2. The number of sulfonamides is 1. The lowest BCUT2D eigenvalue weighted by Crippen LogP contribution is -2.22. The van der Waals surface area contributed by atoms with Crippen LogP contribution in [-0.2, 0) is 16.6 Å². The highest BCUT2D eigenvalue weighted by Crippen LogP contribution is 2.27. The van der Waals surface area contributed by atoms with Gasteiger partial charge >= 0.3 is 0 Å². The topological polar surface area (TPSA) is 46.2 Å². The first-order valence-corrected chi connectivity index (χ1v) is 8.91. The average Bonchev–Trinajstić information content (AvgIpc) is 2.76. The maximum absolute atomic E-state index is 12.0. The van der Waals surface area contributed by atoms with Crippen molar-refractivity contribution in [3.05, 3.63) is 50.2 Å². The third-order valence-electron chi connectivity index (χ3n) is 2.21. The van der Waals surface area contributed by atoms with E-state index >= 15 is 0 Å². The molecule has 0 unspecified atom stereocenters. The fraction of sp³-hybridized carbons (Fsp3) is 0.0909. The van der Waals surface area contributed by atoms with Gasteiger partial charge in [-0.1, -0.05) is 28.1 Å². The van der Waals surface area contributed by atoms with Crippen molar-refractivity contribution in [1.82, 2.24) is 4.72 Å². The van der Waals surface area contributed by atoms with Gasteiger partial charge in [0.2, 0.25) is 0 Å². The number of nitrogens with one attached hydrogen (secondary N) is 1. The summed E-state index contributed by atoms with van der Waals surface area (Å²) in [4.78, 5) is 0. The molecule has 3 nitrogen and oxygen atoms in total. The van der Waals surface area contributed by atoms with Crippen molar-refractivity contribution >= 4 is 53.2 Å². The fourth-order valence-corrected chi connectivity index (χ4v) is 4.98. The molecule has 2 rings (SSSR count). The lowest BCUT2D eigenvalue weighted by molar-refractivity contribution is 0.583. The van der Waals surface area contributed by atoms with Crippen LogP contribution in [0.4, 0.5) is 0 Å². The van der Waals surface area contributed by atoms with Crippen LogP contribution < -0.4 is 4.72 Å². The number of rotatable bonds is 4. The molecule has 0 aliphatic carbocycles. The zero-order valence-electron chi connectivity index (χ0n) is 9.06. The first-order valence-electron chi connectivity index (χ1n) is 4.96. The molecule has 0 aliphatic heterocycles. The molecule has 0 radical (unpaired) electrons. The smallest absolute Gasteiger partial charge is 0.206 e. The minimum atomic E-state index is -3.45. The van der Waals surface area contributed by atoms with Crippen molar-refractivity contribution in [2.45, 2.75) is 10.8 Å². The van der Waals surface area contributed by atoms with Gasteiger partial charge in [-0.05, 0) is 45.1 Å². The van der Waals surface area contributed by atoms with Gasteiger partial charge in [0, 0.05) is 15.5 Å². The molecule has 7 heteroatoms. The maximum Gasteiger partial charge on any atom is 0.251 e. The van der Waals surface area contributed by atoms with Crippen LogP contribution in [0.5, 0.6) is 0 Å². The lowest BCUT2D eigenvalue weighted by atomic mass is 10.2. The zero-order valence-corrected chi connectivity index (χ0v) is 13.9. The quantitative estimate of drug-likeness (QED) is 0.834. The van der Waals surface area contributed by atoms with Gasteiger partial charge in [0.15, 0.2) is 0 Å². The Labute approximate surface area is 127 Å². The number of hydrogen-bond donors (Lipinski definition) is 1. The molecule has 0 atom stereocenters. The van der Waals surface area contributed by atoms with Gasteiger partial charge < -0.3 is 0 Å². The van der Waals surface area contributed by atoms with Crippen LogP contribution in [0.1, 0.15) is 5.56 Å². The second-order valence-corrected chi connectivity index (χ2v) is 8.16. The number of halogens is 2. The van der Waals surface area contributed by atoms with E-state index in [1.54, 1.807) is 11.4 Å². The SMILES string of the molecule is O=S(=O)(NCc1ccc(Br)cc1)c1sccc1Br. The highest BCUT2D eigenvalue weighted by Gasteiger charge is 2.18. The van der Waals surface area contributed by atoms with Crippen LogP contribution in [0.25, 0.3) is 0 Å². The highest BCUT2D eigenvalue weighted by atomic mass is 79.9. The monoisotopic (exact) mass is 409 g/mol. The second-order valence-electron chi connectivity index (χ2n) is 3.51. The summed E-state index contributed by atoms with van der Waals surface area (Å²) in [5, 5.41) is 1.73. The summed E-state index contributed by atoms with van der Waals surface area (Å²) in [6, 6.07) is 9.22. The molecule has 0 saturated carbocycles. The van der Waals surface area contributed by atoms with Gasteiger partial charge in [0.25, 0.3) is 10.0 Å². The molecule has 0 amide bonds. The number of thiophene rings is 1. The van der Waals surface area contributed by atoms with E-state index in [2.05, 4.69) is 36.6 Å². The highest BCUT2D eigenvalue weighted by molar-refractivity contribution is 9.10. The predicted molar refractivity (Wildman–Crippen MR) is 80.2 cm³/mol. The summed E-state index contributed by atoms with van der Waals surface area (Å²) in [5.41, 5.74) is 0.912. The fourth-order valence-electron chi connectivity index (χ4n) is 1.32. The lowest BCUT2D eigenvalue weighted by Gasteiger charge is -2.05. The number of benzene rings is 1. The van der Waals surface area contributed by atoms with Crippen molar-refractivity contribution in [3.63, 3.8) is 0 Å². The molecule has 0 spiro atoms. The third kappa shape index (κ3) is 3.42. The Morgan fingerprint density at radius 3 is 2.33 bits per heavy atom. The Morgan fingerprint density at radius 1 is 1.11 bits per heavy atom. The molecule has 0 bridgehead atoms. The Hall–Kier alpha value is -0.210. The molecule has 0 aliphatic rings. The van der Waals surface area contributed by atoms with Gasteiger partial charge in [-0.2, -0.15) is 0 Å². The first-order chi connectivity index (χ1) is 8.49. The molecule has 18 heavy (non-hydrogen) atoms. The van der Waals surface area contributed by atoms with E-state index in [0.29, 0.717) is 8.68 Å². The molecule has 1 aromatic carbocycles. The van der Waals surface area contributed by atoms with E-state index in [0.717, 1.165) is 10.0 Å². The molecule has 0 saturated heterocycles. The van der Waals surface area contributed by atoms with Crippen LogP contribution in [0.2, 0.25) is 0 Å². The molecular formula is C11H9Br2NO2S2. The third-order valence-corrected chi connectivity index (χ3v) is 6.81. The summed E-state index contributed by atoms with van der Waals surface area (Å²) in [6.07, 6.45) is 0. The largest absolute Gasteiger partial charge is 0.251 e. The van der Waals surface area contributed by atoms with Gasteiger partial charge in [-0.15, -0.1) is 11.3 Å². The normalized spacial score (nSPS) is 11.7. The van der Waals surface area contributed by atoms with Gasteiger partial charge in [0.05, 0.1) is 0 Å². The molecule has 1 aromatic heterocycles. The van der Waals surface area contributed by atoms with Crippen molar-refractivity contribution < 1.29 is 8.42 Å². The first kappa shape index (κ1) is 14.2. The summed E-state index contributed by atoms with van der Waals surface area (Å²) in [6.45, 7) is 0.278. The van der Waals surface area contributed by atoms with E-state index in [9.17, 15) is 8.42 Å². The average molecular weight is 411 g/mol. The Bertz CT molecular complexity index is 635. The van der Waals surface area contributed by atoms with E-state index < -0.39 is 10.0 Å². The van der Waals surface area contributed by atoms with Crippen molar-refractivity contribution in [3.8, 4) is 0 Å². The van der Waals surface area contributed by atoms with Crippen molar-refractivity contribution in [1.29, 1.82) is 0 Å². The summed E-state index contributed by atoms with van der Waals surface area (Å²) >= 11 is 7.75. The molecule has 2 aromatic rings. The van der Waals surface area contributed by atoms with E-state index in [1.165, 1.54) is 11.3 Å². The second kappa shape index (κ2) is 5.83. The van der Waals surface area contributed by atoms with Gasteiger partial charge in [-0.25, -0.2) is 13.1 Å². The minimum Gasteiger partial charge on any atom is -0.206 e. The molecule has 1 N–H and O–H groups in total.